The van der Waals surface area contributed by atoms with Crippen molar-refractivity contribution in [2.45, 2.75) is 32.9 Å². The lowest BCUT2D eigenvalue weighted by Crippen LogP contribution is -2.41. The summed E-state index contributed by atoms with van der Waals surface area (Å²) in [6, 6.07) is 2.31. The van der Waals surface area contributed by atoms with Crippen LogP contribution < -0.4 is 10.6 Å². The number of hydrogen-bond acceptors (Lipinski definition) is 4. The Balaban J connectivity index is 2.89. The number of nitro benzene ring substituents is 1. The van der Waals surface area contributed by atoms with E-state index in [1.165, 1.54) is 0 Å². The van der Waals surface area contributed by atoms with Gasteiger partial charge in [-0.05, 0) is 26.8 Å². The normalized spacial score (nSPS) is 12.1. The standard InChI is InChI=1S/C12H16FN3O3/c1-7(2)14-12(17)8(3)15-10-6-9(13)4-5-11(10)16(18)19/h4-8,15H,1-3H3,(H,14,17). The molecule has 19 heavy (non-hydrogen) atoms. The van der Waals surface area contributed by atoms with Gasteiger partial charge < -0.3 is 10.6 Å². The molecule has 0 aliphatic rings. The number of nitrogens with one attached hydrogen (secondary N) is 2. The van der Waals surface area contributed by atoms with Crippen LogP contribution in [-0.2, 0) is 4.79 Å². The Hall–Kier alpha value is -2.18. The molecule has 0 aliphatic heterocycles. The van der Waals surface area contributed by atoms with E-state index >= 15 is 0 Å². The number of amides is 1. The van der Waals surface area contributed by atoms with Crippen LogP contribution >= 0.6 is 0 Å². The van der Waals surface area contributed by atoms with Crippen LogP contribution in [0.1, 0.15) is 20.8 Å². The lowest BCUT2D eigenvalue weighted by Gasteiger charge is -2.17. The minimum absolute atomic E-state index is 0.0172. The number of nitro groups is 1. The van der Waals surface area contributed by atoms with Gasteiger partial charge >= 0.3 is 0 Å². The van der Waals surface area contributed by atoms with Crippen LogP contribution in [0.3, 0.4) is 0 Å². The first-order chi connectivity index (χ1) is 8.81. The van der Waals surface area contributed by atoms with Gasteiger partial charge in [0.1, 0.15) is 17.5 Å². The van der Waals surface area contributed by atoms with Crippen molar-refractivity contribution in [1.82, 2.24) is 5.32 Å². The van der Waals surface area contributed by atoms with Gasteiger partial charge in [0.15, 0.2) is 0 Å². The SMILES string of the molecule is CC(C)NC(=O)C(C)Nc1cc(F)ccc1[N+](=O)[O-]. The number of rotatable bonds is 5. The van der Waals surface area contributed by atoms with E-state index in [0.29, 0.717) is 0 Å². The highest BCUT2D eigenvalue weighted by Gasteiger charge is 2.19. The Morgan fingerprint density at radius 1 is 1.37 bits per heavy atom. The largest absolute Gasteiger partial charge is 0.368 e. The van der Waals surface area contributed by atoms with E-state index in [2.05, 4.69) is 10.6 Å². The summed E-state index contributed by atoms with van der Waals surface area (Å²) < 4.78 is 13.1. The fourth-order valence-corrected chi connectivity index (χ4v) is 1.49. The third kappa shape index (κ3) is 4.20. The summed E-state index contributed by atoms with van der Waals surface area (Å²) in [6.45, 7) is 5.15. The lowest BCUT2D eigenvalue weighted by molar-refractivity contribution is -0.384. The quantitative estimate of drug-likeness (QED) is 0.633. The van der Waals surface area contributed by atoms with Gasteiger partial charge in [-0.1, -0.05) is 0 Å². The van der Waals surface area contributed by atoms with Crippen molar-refractivity contribution in [2.24, 2.45) is 0 Å². The summed E-state index contributed by atoms with van der Waals surface area (Å²) >= 11 is 0. The molecule has 0 fully saturated rings. The Labute approximate surface area is 110 Å². The molecule has 0 aromatic heterocycles. The Bertz CT molecular complexity index is 491. The highest BCUT2D eigenvalue weighted by molar-refractivity contribution is 5.85. The van der Waals surface area contributed by atoms with E-state index in [9.17, 15) is 19.3 Å². The third-order valence-corrected chi connectivity index (χ3v) is 2.35. The van der Waals surface area contributed by atoms with Gasteiger partial charge in [0.25, 0.3) is 5.69 Å². The number of halogens is 1. The fraction of sp³-hybridized carbons (Fsp3) is 0.417. The maximum Gasteiger partial charge on any atom is 0.292 e. The second-order valence-electron chi connectivity index (χ2n) is 4.45. The maximum atomic E-state index is 13.1. The van der Waals surface area contributed by atoms with Gasteiger partial charge in [0.05, 0.1) is 4.92 Å². The van der Waals surface area contributed by atoms with Crippen molar-refractivity contribution in [3.05, 3.63) is 34.1 Å². The zero-order valence-electron chi connectivity index (χ0n) is 10.9. The molecule has 104 valence electrons. The highest BCUT2D eigenvalue weighted by atomic mass is 19.1. The first kappa shape index (κ1) is 14.9. The van der Waals surface area contributed by atoms with Crippen LogP contribution in [0.15, 0.2) is 18.2 Å². The molecular weight excluding hydrogens is 253 g/mol. The smallest absolute Gasteiger partial charge is 0.292 e. The monoisotopic (exact) mass is 269 g/mol. The van der Waals surface area contributed by atoms with Gasteiger partial charge in [-0.2, -0.15) is 0 Å². The first-order valence-corrected chi connectivity index (χ1v) is 5.82. The van der Waals surface area contributed by atoms with Gasteiger partial charge in [-0.25, -0.2) is 4.39 Å². The molecule has 7 heteroatoms. The van der Waals surface area contributed by atoms with Gasteiger partial charge in [-0.3, -0.25) is 14.9 Å². The molecule has 1 aromatic carbocycles. The van der Waals surface area contributed by atoms with Gasteiger partial charge in [-0.15, -0.1) is 0 Å². The van der Waals surface area contributed by atoms with Crippen molar-refractivity contribution in [2.75, 3.05) is 5.32 Å². The molecule has 1 rings (SSSR count). The molecule has 1 amide bonds. The summed E-state index contributed by atoms with van der Waals surface area (Å²) in [5, 5.41) is 16.1. The van der Waals surface area contributed by atoms with Crippen molar-refractivity contribution in [1.29, 1.82) is 0 Å². The summed E-state index contributed by atoms with van der Waals surface area (Å²) in [7, 11) is 0. The second kappa shape index (κ2) is 6.12. The van der Waals surface area contributed by atoms with E-state index in [1.807, 2.05) is 0 Å². The van der Waals surface area contributed by atoms with Crippen LogP contribution in [0.5, 0.6) is 0 Å². The zero-order valence-corrected chi connectivity index (χ0v) is 10.9. The molecule has 0 saturated heterocycles. The molecule has 0 saturated carbocycles. The maximum absolute atomic E-state index is 13.1. The first-order valence-electron chi connectivity index (χ1n) is 5.82. The van der Waals surface area contributed by atoms with E-state index in [4.69, 9.17) is 0 Å². The number of nitrogens with zero attached hydrogens (tertiary/aromatic N) is 1. The van der Waals surface area contributed by atoms with Crippen LogP contribution in [0.2, 0.25) is 0 Å². The Morgan fingerprint density at radius 2 is 2.00 bits per heavy atom. The molecule has 1 aromatic rings. The number of anilines is 1. The molecule has 6 nitrogen and oxygen atoms in total. The topological polar surface area (TPSA) is 84.3 Å². The summed E-state index contributed by atoms with van der Waals surface area (Å²) in [5.74, 6) is -0.918. The number of carbonyl (C=O) groups is 1. The van der Waals surface area contributed by atoms with Crippen molar-refractivity contribution >= 4 is 17.3 Å². The van der Waals surface area contributed by atoms with E-state index in [1.54, 1.807) is 20.8 Å². The summed E-state index contributed by atoms with van der Waals surface area (Å²) in [6.07, 6.45) is 0. The molecular formula is C12H16FN3O3. The van der Waals surface area contributed by atoms with Crippen LogP contribution in [0.25, 0.3) is 0 Å². The molecule has 0 heterocycles. The van der Waals surface area contributed by atoms with E-state index in [-0.39, 0.29) is 23.3 Å². The predicted molar refractivity (Wildman–Crippen MR) is 69.4 cm³/mol. The zero-order chi connectivity index (χ0) is 14.6. The second-order valence-corrected chi connectivity index (χ2v) is 4.45. The van der Waals surface area contributed by atoms with Crippen molar-refractivity contribution in [3.63, 3.8) is 0 Å². The molecule has 1 atom stereocenters. The fourth-order valence-electron chi connectivity index (χ4n) is 1.49. The van der Waals surface area contributed by atoms with Crippen LogP contribution in [0.4, 0.5) is 15.8 Å². The van der Waals surface area contributed by atoms with Gasteiger partial charge in [0, 0.05) is 18.2 Å². The van der Waals surface area contributed by atoms with Gasteiger partial charge in [0.2, 0.25) is 5.91 Å². The number of hydrogen-bond donors (Lipinski definition) is 2. The molecule has 0 radical (unpaired) electrons. The molecule has 0 aliphatic carbocycles. The third-order valence-electron chi connectivity index (χ3n) is 2.35. The predicted octanol–water partition coefficient (Wildman–Crippen LogP) is 2.06. The van der Waals surface area contributed by atoms with Crippen molar-refractivity contribution in [3.8, 4) is 0 Å². The average molecular weight is 269 g/mol. The summed E-state index contributed by atoms with van der Waals surface area (Å²) in [5.41, 5.74) is -0.290. The molecule has 1 unspecified atom stereocenters. The molecule has 0 spiro atoms. The van der Waals surface area contributed by atoms with Crippen molar-refractivity contribution < 1.29 is 14.1 Å². The minimum atomic E-state index is -0.706. The highest BCUT2D eigenvalue weighted by Crippen LogP contribution is 2.25. The Morgan fingerprint density at radius 3 is 2.53 bits per heavy atom. The van der Waals surface area contributed by atoms with E-state index < -0.39 is 16.8 Å². The number of benzene rings is 1. The minimum Gasteiger partial charge on any atom is -0.368 e. The Kier molecular flexibility index (Phi) is 4.80. The van der Waals surface area contributed by atoms with E-state index in [0.717, 1.165) is 18.2 Å². The van der Waals surface area contributed by atoms with Crippen LogP contribution in [0, 0.1) is 15.9 Å². The molecule has 0 bridgehead atoms. The average Bonchev–Trinajstić information content (AvgIpc) is 2.27. The molecule has 2 N–H and O–H groups in total. The number of carbonyl (C=O) groups excluding carboxylic acids is 1. The van der Waals surface area contributed by atoms with Crippen LogP contribution in [-0.4, -0.2) is 22.9 Å². The lowest BCUT2D eigenvalue weighted by atomic mass is 10.2. The summed E-state index contributed by atoms with van der Waals surface area (Å²) in [4.78, 5) is 21.9.